The quantitative estimate of drug-likeness (QED) is 0.362. The van der Waals surface area contributed by atoms with Crippen molar-refractivity contribution in [3.05, 3.63) is 90.1 Å². The molecule has 3 heterocycles. The summed E-state index contributed by atoms with van der Waals surface area (Å²) in [5.74, 6) is 0.567. The topological polar surface area (TPSA) is 79.4 Å². The van der Waals surface area contributed by atoms with Crippen LogP contribution in [-0.4, -0.2) is 31.0 Å². The molecule has 0 unspecified atom stereocenters. The van der Waals surface area contributed by atoms with Crippen LogP contribution in [0.15, 0.2) is 79.0 Å². The molecule has 3 aromatic heterocycles. The summed E-state index contributed by atoms with van der Waals surface area (Å²) in [6.45, 7) is 2.06. The fourth-order valence-corrected chi connectivity index (χ4v) is 4.15. The zero-order valence-electron chi connectivity index (χ0n) is 17.3. The maximum absolute atomic E-state index is 12.1. The number of benzene rings is 3. The van der Waals surface area contributed by atoms with Gasteiger partial charge in [-0.15, -0.1) is 0 Å². The summed E-state index contributed by atoms with van der Waals surface area (Å²) >= 11 is 0. The van der Waals surface area contributed by atoms with Crippen molar-refractivity contribution < 1.29 is 4.79 Å². The van der Waals surface area contributed by atoms with E-state index in [1.54, 1.807) is 10.9 Å². The standard InChI is InChI=1S/C26H19N5O/c1-16-10-12-17(13-11-16)24-23(19-6-2-3-7-20(19)27-24)25-18(15-32)14-31(30-25)26-28-21-8-4-5-9-22(21)29-26/h2-15,27H,1H3,(H,28,29). The Morgan fingerprint density at radius 3 is 2.41 bits per heavy atom. The van der Waals surface area contributed by atoms with Crippen LogP contribution >= 0.6 is 0 Å². The number of aromatic amines is 2. The Morgan fingerprint density at radius 1 is 0.875 bits per heavy atom. The fraction of sp³-hybridized carbons (Fsp3) is 0.0385. The van der Waals surface area contributed by atoms with E-state index in [1.807, 2.05) is 48.5 Å². The van der Waals surface area contributed by atoms with E-state index in [4.69, 9.17) is 5.10 Å². The predicted octanol–water partition coefficient (Wildman–Crippen LogP) is 5.68. The summed E-state index contributed by atoms with van der Waals surface area (Å²) in [6.07, 6.45) is 2.57. The van der Waals surface area contributed by atoms with E-state index < -0.39 is 0 Å². The number of hydrogen-bond acceptors (Lipinski definition) is 3. The highest BCUT2D eigenvalue weighted by Gasteiger charge is 2.21. The summed E-state index contributed by atoms with van der Waals surface area (Å²) < 4.78 is 1.64. The summed E-state index contributed by atoms with van der Waals surface area (Å²) in [7, 11) is 0. The van der Waals surface area contributed by atoms with Crippen LogP contribution in [0, 0.1) is 6.92 Å². The first-order valence-corrected chi connectivity index (χ1v) is 10.4. The monoisotopic (exact) mass is 417 g/mol. The number of para-hydroxylation sites is 3. The maximum atomic E-state index is 12.1. The number of hydrogen-bond donors (Lipinski definition) is 2. The van der Waals surface area contributed by atoms with Crippen LogP contribution < -0.4 is 0 Å². The molecule has 0 spiro atoms. The smallest absolute Gasteiger partial charge is 0.229 e. The lowest BCUT2D eigenvalue weighted by molar-refractivity contribution is 0.112. The van der Waals surface area contributed by atoms with Gasteiger partial charge in [-0.2, -0.15) is 5.10 Å². The highest BCUT2D eigenvalue weighted by atomic mass is 16.1. The number of nitrogens with one attached hydrogen (secondary N) is 2. The van der Waals surface area contributed by atoms with E-state index >= 15 is 0 Å². The van der Waals surface area contributed by atoms with Crippen molar-refractivity contribution in [1.29, 1.82) is 0 Å². The van der Waals surface area contributed by atoms with Gasteiger partial charge in [-0.1, -0.05) is 60.2 Å². The molecule has 6 aromatic rings. The number of aldehydes is 1. The van der Waals surface area contributed by atoms with Gasteiger partial charge in [0.2, 0.25) is 5.95 Å². The lowest BCUT2D eigenvalue weighted by atomic mass is 10.00. The number of aromatic nitrogens is 5. The first-order chi connectivity index (χ1) is 15.7. The molecular formula is C26H19N5O. The van der Waals surface area contributed by atoms with Gasteiger partial charge < -0.3 is 9.97 Å². The zero-order valence-corrected chi connectivity index (χ0v) is 17.3. The average Bonchev–Trinajstić information content (AvgIpc) is 3.53. The first kappa shape index (κ1) is 18.3. The number of rotatable bonds is 4. The second kappa shape index (κ2) is 7.06. The molecular weight excluding hydrogens is 398 g/mol. The van der Waals surface area contributed by atoms with Gasteiger partial charge in [0.15, 0.2) is 6.29 Å². The lowest BCUT2D eigenvalue weighted by Crippen LogP contribution is -1.97. The Kier molecular flexibility index (Phi) is 4.04. The second-order valence-corrected chi connectivity index (χ2v) is 7.86. The number of imidazole rings is 1. The third-order valence-corrected chi connectivity index (χ3v) is 5.75. The summed E-state index contributed by atoms with van der Waals surface area (Å²) in [6, 6.07) is 24.2. The Hall–Kier alpha value is -4.45. The minimum atomic E-state index is 0.503. The molecule has 6 heteroatoms. The van der Waals surface area contributed by atoms with Crippen molar-refractivity contribution >= 4 is 28.2 Å². The summed E-state index contributed by atoms with van der Waals surface area (Å²) in [5, 5.41) is 5.83. The van der Waals surface area contributed by atoms with Crippen molar-refractivity contribution in [2.24, 2.45) is 0 Å². The first-order valence-electron chi connectivity index (χ1n) is 10.4. The predicted molar refractivity (Wildman–Crippen MR) is 126 cm³/mol. The number of nitrogens with zero attached hydrogens (tertiary/aromatic N) is 3. The Morgan fingerprint density at radius 2 is 1.62 bits per heavy atom. The van der Waals surface area contributed by atoms with Crippen molar-refractivity contribution in [3.8, 4) is 28.5 Å². The molecule has 0 radical (unpaired) electrons. The largest absolute Gasteiger partial charge is 0.354 e. The highest BCUT2D eigenvalue weighted by molar-refractivity contribution is 6.05. The van der Waals surface area contributed by atoms with Gasteiger partial charge in [-0.25, -0.2) is 9.67 Å². The molecule has 32 heavy (non-hydrogen) atoms. The third kappa shape index (κ3) is 2.85. The third-order valence-electron chi connectivity index (χ3n) is 5.75. The van der Waals surface area contributed by atoms with E-state index in [0.29, 0.717) is 17.2 Å². The summed E-state index contributed by atoms with van der Waals surface area (Å²) in [5.41, 5.74) is 7.95. The molecule has 3 aromatic carbocycles. The lowest BCUT2D eigenvalue weighted by Gasteiger charge is -2.05. The number of aryl methyl sites for hydroxylation is 1. The van der Waals surface area contributed by atoms with Crippen LogP contribution in [0.4, 0.5) is 0 Å². The van der Waals surface area contributed by atoms with Crippen molar-refractivity contribution in [2.45, 2.75) is 6.92 Å². The Bertz CT molecular complexity index is 1570. The molecule has 0 aliphatic heterocycles. The molecule has 0 saturated heterocycles. The van der Waals surface area contributed by atoms with E-state index in [0.717, 1.165) is 45.0 Å². The number of fused-ring (bicyclic) bond motifs is 2. The van der Waals surface area contributed by atoms with Crippen LogP contribution in [0.5, 0.6) is 0 Å². The maximum Gasteiger partial charge on any atom is 0.229 e. The molecule has 6 rings (SSSR count). The van der Waals surface area contributed by atoms with Crippen LogP contribution in [0.2, 0.25) is 0 Å². The minimum absolute atomic E-state index is 0.503. The van der Waals surface area contributed by atoms with Gasteiger partial charge in [0.1, 0.15) is 5.69 Å². The molecule has 2 N–H and O–H groups in total. The zero-order chi connectivity index (χ0) is 21.7. The second-order valence-electron chi connectivity index (χ2n) is 7.86. The number of H-pyrrole nitrogens is 2. The normalized spacial score (nSPS) is 11.4. The molecule has 0 bridgehead atoms. The average molecular weight is 417 g/mol. The molecule has 0 amide bonds. The minimum Gasteiger partial charge on any atom is -0.354 e. The van der Waals surface area contributed by atoms with Gasteiger partial charge in [-0.3, -0.25) is 4.79 Å². The number of carbonyl (C=O) groups is 1. The van der Waals surface area contributed by atoms with E-state index in [1.165, 1.54) is 5.56 Å². The van der Waals surface area contributed by atoms with Gasteiger partial charge in [-0.05, 0) is 30.7 Å². The molecule has 0 saturated carbocycles. The van der Waals surface area contributed by atoms with Crippen LogP contribution in [0.3, 0.4) is 0 Å². The highest BCUT2D eigenvalue weighted by Crippen LogP contribution is 2.39. The van der Waals surface area contributed by atoms with Crippen molar-refractivity contribution in [2.75, 3.05) is 0 Å². The van der Waals surface area contributed by atoms with Crippen molar-refractivity contribution in [3.63, 3.8) is 0 Å². The van der Waals surface area contributed by atoms with Gasteiger partial charge in [0.05, 0.1) is 22.3 Å². The van der Waals surface area contributed by atoms with Gasteiger partial charge in [0, 0.05) is 22.7 Å². The van der Waals surface area contributed by atoms with Crippen LogP contribution in [0.1, 0.15) is 15.9 Å². The Balaban J connectivity index is 1.59. The van der Waals surface area contributed by atoms with E-state index in [2.05, 4.69) is 46.1 Å². The fourth-order valence-electron chi connectivity index (χ4n) is 4.15. The van der Waals surface area contributed by atoms with E-state index in [-0.39, 0.29) is 0 Å². The molecule has 0 fully saturated rings. The van der Waals surface area contributed by atoms with Crippen LogP contribution in [-0.2, 0) is 0 Å². The molecule has 0 aliphatic rings. The van der Waals surface area contributed by atoms with Gasteiger partial charge >= 0.3 is 0 Å². The van der Waals surface area contributed by atoms with Gasteiger partial charge in [0.25, 0.3) is 0 Å². The summed E-state index contributed by atoms with van der Waals surface area (Å²) in [4.78, 5) is 23.5. The SMILES string of the molecule is Cc1ccc(-c2[nH]c3ccccc3c2-c2nn(-c3nc4ccccc4[nH]3)cc2C=O)cc1. The molecule has 6 nitrogen and oxygen atoms in total. The molecule has 154 valence electrons. The molecule has 0 atom stereocenters. The van der Waals surface area contributed by atoms with Crippen molar-refractivity contribution in [1.82, 2.24) is 24.7 Å². The number of carbonyl (C=O) groups excluding carboxylic acids is 1. The van der Waals surface area contributed by atoms with E-state index in [9.17, 15) is 4.79 Å². The van der Waals surface area contributed by atoms with Crippen LogP contribution in [0.25, 0.3) is 50.4 Å². The molecule has 0 aliphatic carbocycles. The Labute approximate surface area is 183 Å².